The number of hydrogen-bond acceptors (Lipinski definition) is 1. The molecule has 2 atom stereocenters. The summed E-state index contributed by atoms with van der Waals surface area (Å²) < 4.78 is 0. The highest BCUT2D eigenvalue weighted by Gasteiger charge is 2.10. The average Bonchev–Trinajstić information content (AvgIpc) is 2.16. The summed E-state index contributed by atoms with van der Waals surface area (Å²) in [6.07, 6.45) is 8.37. The monoisotopic (exact) mass is 186 g/mol. The Morgan fingerprint density at radius 1 is 1.00 bits per heavy atom. The Bertz CT molecular complexity index is 101. The number of hydrogen-bond donors (Lipinski definition) is 1. The highest BCUT2D eigenvalue weighted by molar-refractivity contribution is 4.63. The Kier molecular flexibility index (Phi) is 8.53. The highest BCUT2D eigenvalue weighted by atomic mass is 16.3. The predicted molar refractivity (Wildman–Crippen MR) is 58.8 cm³/mol. The van der Waals surface area contributed by atoms with Crippen LogP contribution in [0.3, 0.4) is 0 Å². The Hall–Kier alpha value is -0.0400. The first kappa shape index (κ1) is 13.0. The largest absolute Gasteiger partial charge is 0.393 e. The van der Waals surface area contributed by atoms with E-state index in [1.807, 2.05) is 0 Å². The second-order valence-corrected chi connectivity index (χ2v) is 4.07. The van der Waals surface area contributed by atoms with Crippen LogP contribution in [0, 0.1) is 5.92 Å². The molecule has 0 aromatic rings. The van der Waals surface area contributed by atoms with Crippen LogP contribution in [-0.4, -0.2) is 11.2 Å². The van der Waals surface area contributed by atoms with Gasteiger partial charge in [-0.15, -0.1) is 0 Å². The van der Waals surface area contributed by atoms with E-state index in [2.05, 4.69) is 20.8 Å². The lowest BCUT2D eigenvalue weighted by molar-refractivity contribution is 0.133. The maximum absolute atomic E-state index is 9.52. The van der Waals surface area contributed by atoms with Crippen molar-refractivity contribution < 1.29 is 5.11 Å². The van der Waals surface area contributed by atoms with Crippen LogP contribution in [0.2, 0.25) is 0 Å². The average molecular weight is 186 g/mol. The number of aliphatic hydroxyl groups excluding tert-OH is 1. The molecule has 0 aromatic carbocycles. The van der Waals surface area contributed by atoms with E-state index in [0.717, 1.165) is 18.8 Å². The molecule has 80 valence electrons. The van der Waals surface area contributed by atoms with Gasteiger partial charge in [-0.05, 0) is 18.8 Å². The Morgan fingerprint density at radius 3 is 2.15 bits per heavy atom. The molecule has 0 bridgehead atoms. The smallest absolute Gasteiger partial charge is 0.0540 e. The van der Waals surface area contributed by atoms with Gasteiger partial charge < -0.3 is 5.11 Å². The fourth-order valence-corrected chi connectivity index (χ4v) is 1.72. The lowest BCUT2D eigenvalue weighted by Gasteiger charge is -2.17. The molecule has 1 heteroatoms. The normalized spacial score (nSPS) is 15.7. The van der Waals surface area contributed by atoms with Crippen LogP contribution in [0.4, 0.5) is 0 Å². The van der Waals surface area contributed by atoms with Crippen molar-refractivity contribution in [1.82, 2.24) is 0 Å². The van der Waals surface area contributed by atoms with Crippen molar-refractivity contribution in [2.45, 2.75) is 71.8 Å². The molecular weight excluding hydrogens is 160 g/mol. The fourth-order valence-electron chi connectivity index (χ4n) is 1.72. The molecule has 0 amide bonds. The summed E-state index contributed by atoms with van der Waals surface area (Å²) in [6.45, 7) is 6.53. The molecule has 1 N–H and O–H groups in total. The summed E-state index contributed by atoms with van der Waals surface area (Å²) >= 11 is 0. The van der Waals surface area contributed by atoms with Gasteiger partial charge in [0.05, 0.1) is 6.10 Å². The van der Waals surface area contributed by atoms with Crippen LogP contribution in [-0.2, 0) is 0 Å². The van der Waals surface area contributed by atoms with Gasteiger partial charge in [0.2, 0.25) is 0 Å². The van der Waals surface area contributed by atoms with E-state index < -0.39 is 0 Å². The summed E-state index contributed by atoms with van der Waals surface area (Å²) in [4.78, 5) is 0. The molecule has 0 rings (SSSR count). The molecule has 0 saturated carbocycles. The first-order valence-electron chi connectivity index (χ1n) is 5.92. The van der Waals surface area contributed by atoms with Gasteiger partial charge in [-0.25, -0.2) is 0 Å². The highest BCUT2D eigenvalue weighted by Crippen LogP contribution is 2.19. The molecule has 1 nitrogen and oxygen atoms in total. The number of unbranched alkanes of at least 4 members (excludes halogenated alkanes) is 2. The number of aliphatic hydroxyl groups is 1. The zero-order chi connectivity index (χ0) is 10.1. The zero-order valence-electron chi connectivity index (χ0n) is 9.55. The van der Waals surface area contributed by atoms with Crippen LogP contribution >= 0.6 is 0 Å². The number of rotatable bonds is 8. The Balaban J connectivity index is 3.50. The van der Waals surface area contributed by atoms with E-state index in [0.29, 0.717) is 0 Å². The third-order valence-electron chi connectivity index (χ3n) is 2.87. The first-order chi connectivity index (χ1) is 6.24. The molecule has 0 fully saturated rings. The Labute approximate surface area is 83.5 Å². The van der Waals surface area contributed by atoms with Gasteiger partial charge in [-0.1, -0.05) is 52.9 Å². The summed E-state index contributed by atoms with van der Waals surface area (Å²) in [5.74, 6) is 0.751. The van der Waals surface area contributed by atoms with E-state index >= 15 is 0 Å². The van der Waals surface area contributed by atoms with Crippen molar-refractivity contribution in [2.24, 2.45) is 5.92 Å². The Morgan fingerprint density at radius 2 is 1.69 bits per heavy atom. The quantitative estimate of drug-likeness (QED) is 0.572. The van der Waals surface area contributed by atoms with E-state index in [-0.39, 0.29) is 6.10 Å². The van der Waals surface area contributed by atoms with Crippen LogP contribution < -0.4 is 0 Å². The van der Waals surface area contributed by atoms with Crippen molar-refractivity contribution in [3.8, 4) is 0 Å². The van der Waals surface area contributed by atoms with Crippen LogP contribution in [0.5, 0.6) is 0 Å². The van der Waals surface area contributed by atoms with E-state index in [1.54, 1.807) is 0 Å². The summed E-state index contributed by atoms with van der Waals surface area (Å²) in [7, 11) is 0. The molecule has 0 aromatic heterocycles. The molecule has 13 heavy (non-hydrogen) atoms. The molecule has 0 spiro atoms. The van der Waals surface area contributed by atoms with Crippen molar-refractivity contribution in [1.29, 1.82) is 0 Å². The fraction of sp³-hybridized carbons (Fsp3) is 1.00. The van der Waals surface area contributed by atoms with Gasteiger partial charge in [-0.3, -0.25) is 0 Å². The molecule has 2 unspecified atom stereocenters. The van der Waals surface area contributed by atoms with E-state index in [4.69, 9.17) is 0 Å². The molecule has 0 radical (unpaired) electrons. The molecule has 0 aliphatic rings. The minimum atomic E-state index is -0.0634. The van der Waals surface area contributed by atoms with Gasteiger partial charge in [-0.2, -0.15) is 0 Å². The summed E-state index contributed by atoms with van der Waals surface area (Å²) in [6, 6.07) is 0. The second kappa shape index (κ2) is 8.55. The zero-order valence-corrected chi connectivity index (χ0v) is 9.55. The molecule has 0 aliphatic heterocycles. The van der Waals surface area contributed by atoms with Crippen molar-refractivity contribution in [2.75, 3.05) is 0 Å². The van der Waals surface area contributed by atoms with E-state index in [1.165, 1.54) is 32.1 Å². The van der Waals surface area contributed by atoms with E-state index in [9.17, 15) is 5.11 Å². The van der Waals surface area contributed by atoms with Gasteiger partial charge in [0.25, 0.3) is 0 Å². The van der Waals surface area contributed by atoms with Crippen molar-refractivity contribution in [3.05, 3.63) is 0 Å². The molecule has 0 heterocycles. The standard InChI is InChI=1S/C12H26O/c1-4-7-8-9-11(5-2)10-12(13)6-3/h11-13H,4-10H2,1-3H3. The van der Waals surface area contributed by atoms with Gasteiger partial charge >= 0.3 is 0 Å². The lowest BCUT2D eigenvalue weighted by Crippen LogP contribution is -2.12. The minimum Gasteiger partial charge on any atom is -0.393 e. The van der Waals surface area contributed by atoms with Gasteiger partial charge in [0.15, 0.2) is 0 Å². The van der Waals surface area contributed by atoms with Crippen molar-refractivity contribution in [3.63, 3.8) is 0 Å². The summed E-state index contributed by atoms with van der Waals surface area (Å²) in [5.41, 5.74) is 0. The topological polar surface area (TPSA) is 20.2 Å². The maximum atomic E-state index is 9.52. The molecule has 0 saturated heterocycles. The van der Waals surface area contributed by atoms with Crippen molar-refractivity contribution >= 4 is 0 Å². The predicted octanol–water partition coefficient (Wildman–Crippen LogP) is 3.75. The van der Waals surface area contributed by atoms with Gasteiger partial charge in [0.1, 0.15) is 0 Å². The molecular formula is C12H26O. The maximum Gasteiger partial charge on any atom is 0.0540 e. The van der Waals surface area contributed by atoms with Gasteiger partial charge in [0, 0.05) is 0 Å². The van der Waals surface area contributed by atoms with Crippen LogP contribution in [0.15, 0.2) is 0 Å². The third-order valence-corrected chi connectivity index (χ3v) is 2.87. The first-order valence-corrected chi connectivity index (χ1v) is 5.92. The second-order valence-electron chi connectivity index (χ2n) is 4.07. The van der Waals surface area contributed by atoms with Crippen LogP contribution in [0.25, 0.3) is 0 Å². The summed E-state index contributed by atoms with van der Waals surface area (Å²) in [5, 5.41) is 9.52. The minimum absolute atomic E-state index is 0.0634. The lowest BCUT2D eigenvalue weighted by atomic mass is 9.92. The molecule has 0 aliphatic carbocycles. The van der Waals surface area contributed by atoms with Crippen LogP contribution in [0.1, 0.15) is 65.7 Å². The third kappa shape index (κ3) is 7.06. The SMILES string of the molecule is CCCCCC(CC)CC(O)CC.